The van der Waals surface area contributed by atoms with Gasteiger partial charge in [-0.1, -0.05) is 0 Å². The molecule has 64 valence electrons. The van der Waals surface area contributed by atoms with Crippen LogP contribution < -0.4 is 0 Å². The van der Waals surface area contributed by atoms with Crippen LogP contribution in [0.1, 0.15) is 18.5 Å². The number of nitrogens with one attached hydrogen (secondary N) is 1. The van der Waals surface area contributed by atoms with Crippen molar-refractivity contribution in [1.29, 1.82) is 0 Å². The maximum absolute atomic E-state index is 5.52. The monoisotopic (exact) mass is 194 g/mol. The first-order valence-electron chi connectivity index (χ1n) is 3.46. The largest absolute Gasteiger partial charge is 0.348 e. The molecule has 0 unspecified atom stereocenters. The van der Waals surface area contributed by atoms with Gasteiger partial charge in [0.1, 0.15) is 0 Å². The maximum atomic E-state index is 5.52. The van der Waals surface area contributed by atoms with Gasteiger partial charge in [0.25, 0.3) is 0 Å². The summed E-state index contributed by atoms with van der Waals surface area (Å²) in [6.45, 7) is 0. The Morgan fingerprint density at radius 3 is 2.82 bits per heavy atom. The fraction of sp³-hybridized carbons (Fsp3) is 0.571. The van der Waals surface area contributed by atoms with Gasteiger partial charge in [-0.05, 0) is 19.3 Å². The molecule has 0 bridgehead atoms. The number of aryl methyl sites for hydroxylation is 1. The van der Waals surface area contributed by atoms with Gasteiger partial charge in [-0.15, -0.1) is 24.0 Å². The van der Waals surface area contributed by atoms with Gasteiger partial charge in [0.2, 0.25) is 0 Å². The Balaban J connectivity index is 0.000001000. The topological polar surface area (TPSA) is 28.7 Å². The Morgan fingerprint density at radius 1 is 1.45 bits per heavy atom. The third-order valence-corrected chi connectivity index (χ3v) is 1.65. The smallest absolute Gasteiger partial charge is 0.0921 e. The Bertz CT molecular complexity index is 163. The molecular formula is C7H12Cl2N2. The predicted octanol–water partition coefficient (Wildman–Crippen LogP) is 2.39. The molecule has 0 saturated carbocycles. The standard InChI is InChI=1S/C7H11ClN2.ClH/c8-4-2-1-3-7-5-9-6-10-7;/h5-6H,1-4H2,(H,9,10);1H. The zero-order valence-electron chi connectivity index (χ0n) is 6.22. The van der Waals surface area contributed by atoms with E-state index in [4.69, 9.17) is 11.6 Å². The zero-order valence-corrected chi connectivity index (χ0v) is 7.79. The fourth-order valence-corrected chi connectivity index (χ4v) is 1.02. The van der Waals surface area contributed by atoms with Crippen LogP contribution in [0.5, 0.6) is 0 Å². The molecule has 0 fully saturated rings. The van der Waals surface area contributed by atoms with Crippen LogP contribution in [0.25, 0.3) is 0 Å². The van der Waals surface area contributed by atoms with Gasteiger partial charge in [0, 0.05) is 17.8 Å². The average Bonchev–Trinajstić information content (AvgIpc) is 2.41. The van der Waals surface area contributed by atoms with Crippen LogP contribution in [0.15, 0.2) is 12.5 Å². The van der Waals surface area contributed by atoms with Crippen molar-refractivity contribution in [1.82, 2.24) is 9.97 Å². The van der Waals surface area contributed by atoms with Crippen LogP contribution >= 0.6 is 24.0 Å². The Hall–Kier alpha value is -0.210. The normalized spacial score (nSPS) is 9.18. The predicted molar refractivity (Wildman–Crippen MR) is 49.5 cm³/mol. The van der Waals surface area contributed by atoms with E-state index in [1.165, 1.54) is 5.69 Å². The lowest BCUT2D eigenvalue weighted by molar-refractivity contribution is 0.785. The quantitative estimate of drug-likeness (QED) is 0.579. The highest BCUT2D eigenvalue weighted by atomic mass is 35.5. The first-order chi connectivity index (χ1) is 4.93. The SMILES string of the molecule is Cl.ClCCCCc1cnc[nH]1. The lowest BCUT2D eigenvalue weighted by atomic mass is 10.2. The molecule has 1 heterocycles. The van der Waals surface area contributed by atoms with Gasteiger partial charge in [0.05, 0.1) is 6.33 Å². The van der Waals surface area contributed by atoms with Crippen LogP contribution in [0, 0.1) is 0 Å². The first kappa shape index (κ1) is 10.8. The van der Waals surface area contributed by atoms with Crippen molar-refractivity contribution < 1.29 is 0 Å². The van der Waals surface area contributed by atoms with Crippen molar-refractivity contribution in [2.24, 2.45) is 0 Å². The van der Waals surface area contributed by atoms with E-state index >= 15 is 0 Å². The number of unbranched alkanes of at least 4 members (excludes halogenated alkanes) is 1. The number of nitrogens with zero attached hydrogens (tertiary/aromatic N) is 1. The number of aromatic nitrogens is 2. The van der Waals surface area contributed by atoms with Crippen LogP contribution in [0.2, 0.25) is 0 Å². The molecule has 2 nitrogen and oxygen atoms in total. The summed E-state index contributed by atoms with van der Waals surface area (Å²) in [7, 11) is 0. The summed E-state index contributed by atoms with van der Waals surface area (Å²) in [5.41, 5.74) is 1.20. The lowest BCUT2D eigenvalue weighted by Crippen LogP contribution is -1.85. The second-order valence-corrected chi connectivity index (χ2v) is 2.60. The number of rotatable bonds is 4. The second-order valence-electron chi connectivity index (χ2n) is 2.22. The van der Waals surface area contributed by atoms with Crippen molar-refractivity contribution in [3.63, 3.8) is 0 Å². The van der Waals surface area contributed by atoms with Crippen molar-refractivity contribution in [2.45, 2.75) is 19.3 Å². The van der Waals surface area contributed by atoms with Crippen LogP contribution in [-0.2, 0) is 6.42 Å². The van der Waals surface area contributed by atoms with Gasteiger partial charge in [-0.3, -0.25) is 0 Å². The molecule has 0 amide bonds. The van der Waals surface area contributed by atoms with E-state index in [9.17, 15) is 0 Å². The number of hydrogen-bond donors (Lipinski definition) is 1. The minimum absolute atomic E-state index is 0. The van der Waals surface area contributed by atoms with Gasteiger partial charge in [-0.25, -0.2) is 4.98 Å². The minimum Gasteiger partial charge on any atom is -0.348 e. The van der Waals surface area contributed by atoms with Gasteiger partial charge in [-0.2, -0.15) is 0 Å². The van der Waals surface area contributed by atoms with Crippen LogP contribution in [0.3, 0.4) is 0 Å². The second kappa shape index (κ2) is 6.50. The summed E-state index contributed by atoms with van der Waals surface area (Å²) in [6.07, 6.45) is 6.85. The number of H-pyrrole nitrogens is 1. The van der Waals surface area contributed by atoms with Crippen molar-refractivity contribution in [3.05, 3.63) is 18.2 Å². The van der Waals surface area contributed by atoms with E-state index in [2.05, 4.69) is 9.97 Å². The zero-order chi connectivity index (χ0) is 7.23. The number of hydrogen-bond acceptors (Lipinski definition) is 1. The Labute approximate surface area is 77.8 Å². The average molecular weight is 195 g/mol. The van der Waals surface area contributed by atoms with E-state index in [1.54, 1.807) is 6.33 Å². The number of halogens is 2. The van der Waals surface area contributed by atoms with Crippen LogP contribution in [-0.4, -0.2) is 15.8 Å². The molecular weight excluding hydrogens is 183 g/mol. The third kappa shape index (κ3) is 4.27. The van der Waals surface area contributed by atoms with Crippen LogP contribution in [0.4, 0.5) is 0 Å². The summed E-state index contributed by atoms with van der Waals surface area (Å²) in [4.78, 5) is 6.95. The molecule has 0 aliphatic carbocycles. The van der Waals surface area contributed by atoms with E-state index in [0.29, 0.717) is 0 Å². The van der Waals surface area contributed by atoms with E-state index < -0.39 is 0 Å². The molecule has 0 radical (unpaired) electrons. The highest BCUT2D eigenvalue weighted by Gasteiger charge is 1.91. The molecule has 11 heavy (non-hydrogen) atoms. The summed E-state index contributed by atoms with van der Waals surface area (Å²) in [6, 6.07) is 0. The molecule has 0 aromatic carbocycles. The highest BCUT2D eigenvalue weighted by Crippen LogP contribution is 2.00. The summed E-state index contributed by atoms with van der Waals surface area (Å²) in [5.74, 6) is 0.758. The molecule has 1 N–H and O–H groups in total. The maximum Gasteiger partial charge on any atom is 0.0921 e. The highest BCUT2D eigenvalue weighted by molar-refractivity contribution is 6.17. The molecule has 0 aliphatic heterocycles. The van der Waals surface area contributed by atoms with Crippen molar-refractivity contribution in [2.75, 3.05) is 5.88 Å². The summed E-state index contributed by atoms with van der Waals surface area (Å²) >= 11 is 5.52. The van der Waals surface area contributed by atoms with E-state index in [-0.39, 0.29) is 12.4 Å². The van der Waals surface area contributed by atoms with Gasteiger partial charge >= 0.3 is 0 Å². The van der Waals surface area contributed by atoms with Gasteiger partial charge in [0.15, 0.2) is 0 Å². The Morgan fingerprint density at radius 2 is 2.27 bits per heavy atom. The summed E-state index contributed by atoms with van der Waals surface area (Å²) in [5, 5.41) is 0. The molecule has 1 aromatic heterocycles. The molecule has 0 saturated heterocycles. The fourth-order valence-electron chi connectivity index (χ4n) is 0.831. The number of alkyl halides is 1. The van der Waals surface area contributed by atoms with Crippen molar-refractivity contribution in [3.8, 4) is 0 Å². The van der Waals surface area contributed by atoms with E-state index in [0.717, 1.165) is 25.1 Å². The number of imidazole rings is 1. The molecule has 1 rings (SSSR count). The molecule has 1 aromatic rings. The molecule has 0 atom stereocenters. The first-order valence-corrected chi connectivity index (χ1v) is 4.00. The van der Waals surface area contributed by atoms with Gasteiger partial charge < -0.3 is 4.98 Å². The lowest BCUT2D eigenvalue weighted by Gasteiger charge is -1.92. The van der Waals surface area contributed by atoms with Crippen molar-refractivity contribution >= 4 is 24.0 Å². The molecule has 0 aliphatic rings. The summed E-state index contributed by atoms with van der Waals surface area (Å²) < 4.78 is 0. The third-order valence-electron chi connectivity index (χ3n) is 1.38. The van der Waals surface area contributed by atoms with E-state index in [1.807, 2.05) is 6.20 Å². The molecule has 4 heteroatoms. The Kier molecular flexibility index (Phi) is 6.37. The molecule has 0 spiro atoms. The minimum atomic E-state index is 0. The number of aromatic amines is 1.